The molecule has 0 spiro atoms. The Hall–Kier alpha value is -1.95. The van der Waals surface area contributed by atoms with Gasteiger partial charge in [0, 0.05) is 30.4 Å². The smallest absolute Gasteiger partial charge is 0.135 e. The Morgan fingerprint density at radius 1 is 1.06 bits per heavy atom. The Labute approximate surface area is 193 Å². The number of aromatic nitrogens is 4. The molecule has 2 aliphatic carbocycles. The van der Waals surface area contributed by atoms with Crippen molar-refractivity contribution in [1.82, 2.24) is 20.2 Å². The molecule has 4 rings (SSSR count). The third-order valence-electron chi connectivity index (χ3n) is 7.73. The van der Waals surface area contributed by atoms with Gasteiger partial charge in [0.05, 0.1) is 12.3 Å². The first-order valence-corrected chi connectivity index (χ1v) is 12.9. The molecule has 6 nitrogen and oxygen atoms in total. The number of nitrogens with one attached hydrogen (secondary N) is 2. The molecule has 2 fully saturated rings. The topological polar surface area (TPSA) is 75.7 Å². The summed E-state index contributed by atoms with van der Waals surface area (Å²) in [5, 5.41) is 10.4. The normalized spacial score (nSPS) is 26.3. The number of aryl methyl sites for hydroxylation is 1. The molecule has 0 saturated heterocycles. The maximum Gasteiger partial charge on any atom is 0.135 e. The van der Waals surface area contributed by atoms with Gasteiger partial charge in [-0.3, -0.25) is 5.10 Å². The molecule has 0 amide bonds. The minimum atomic E-state index is 0.364. The van der Waals surface area contributed by atoms with E-state index in [1.807, 2.05) is 12.1 Å². The van der Waals surface area contributed by atoms with Gasteiger partial charge in [-0.2, -0.15) is 5.10 Å². The van der Waals surface area contributed by atoms with Crippen molar-refractivity contribution in [2.24, 2.45) is 17.8 Å². The molecule has 0 bridgehead atoms. The zero-order valence-corrected chi connectivity index (χ0v) is 20.1. The molecule has 0 aliphatic heterocycles. The molecular formula is C26H41N5O. The molecule has 4 unspecified atom stereocenters. The summed E-state index contributed by atoms with van der Waals surface area (Å²) in [5.74, 6) is 5.46. The number of H-pyrrole nitrogens is 1. The minimum absolute atomic E-state index is 0.364. The number of nitrogens with zero attached hydrogens (tertiary/aromatic N) is 3. The lowest BCUT2D eigenvalue weighted by molar-refractivity contribution is 0.0101. The SMILES string of the molecule is CCOC(C)C1CCCC(c2nc(C)cc(Nc3ccn[nH]3)n2)CC(C2CCCCC2)C1. The molecule has 2 aromatic rings. The van der Waals surface area contributed by atoms with Crippen molar-refractivity contribution < 1.29 is 4.74 Å². The van der Waals surface area contributed by atoms with Crippen LogP contribution < -0.4 is 5.32 Å². The van der Waals surface area contributed by atoms with Crippen molar-refractivity contribution in [2.75, 3.05) is 11.9 Å². The van der Waals surface area contributed by atoms with Crippen LogP contribution in [-0.4, -0.2) is 32.9 Å². The van der Waals surface area contributed by atoms with Gasteiger partial charge in [-0.1, -0.05) is 38.5 Å². The van der Waals surface area contributed by atoms with E-state index in [1.165, 1.54) is 64.2 Å². The molecule has 2 aliphatic rings. The standard InChI is InChI=1S/C26H41N5O/c1-4-32-19(3)21-11-8-12-22(17-23(16-21)20-9-6-5-7-10-20)26-28-18(2)15-25(30-26)29-24-13-14-27-31-24/h13-15,19-23H,4-12,16-17H2,1-3H3,(H2,27,28,29,30,31). The van der Waals surface area contributed by atoms with Gasteiger partial charge in [0.2, 0.25) is 0 Å². The molecule has 2 N–H and O–H groups in total. The fraction of sp³-hybridized carbons (Fsp3) is 0.731. The van der Waals surface area contributed by atoms with Gasteiger partial charge in [-0.15, -0.1) is 0 Å². The summed E-state index contributed by atoms with van der Waals surface area (Å²) < 4.78 is 6.07. The summed E-state index contributed by atoms with van der Waals surface area (Å²) >= 11 is 0. The van der Waals surface area contributed by atoms with E-state index in [1.54, 1.807) is 6.20 Å². The maximum absolute atomic E-state index is 6.07. The van der Waals surface area contributed by atoms with Crippen molar-refractivity contribution >= 4 is 11.6 Å². The van der Waals surface area contributed by atoms with Crippen molar-refractivity contribution in [2.45, 2.75) is 97.0 Å². The van der Waals surface area contributed by atoms with Gasteiger partial charge in [0.15, 0.2) is 0 Å². The van der Waals surface area contributed by atoms with Crippen LogP contribution in [0, 0.1) is 24.7 Å². The largest absolute Gasteiger partial charge is 0.379 e. The van der Waals surface area contributed by atoms with Gasteiger partial charge >= 0.3 is 0 Å². The van der Waals surface area contributed by atoms with Crippen LogP contribution in [0.4, 0.5) is 11.6 Å². The summed E-state index contributed by atoms with van der Waals surface area (Å²) in [5.41, 5.74) is 1.02. The van der Waals surface area contributed by atoms with Crippen molar-refractivity contribution in [3.8, 4) is 0 Å². The van der Waals surface area contributed by atoms with Crippen LogP contribution in [0.1, 0.15) is 95.5 Å². The molecule has 2 heterocycles. The van der Waals surface area contributed by atoms with Gasteiger partial charge in [-0.05, 0) is 64.2 Å². The van der Waals surface area contributed by atoms with E-state index in [4.69, 9.17) is 14.7 Å². The van der Waals surface area contributed by atoms with E-state index >= 15 is 0 Å². The van der Waals surface area contributed by atoms with Crippen molar-refractivity contribution in [3.63, 3.8) is 0 Å². The van der Waals surface area contributed by atoms with Crippen LogP contribution in [0.15, 0.2) is 18.3 Å². The Kier molecular flexibility index (Phi) is 8.17. The molecule has 0 aromatic carbocycles. The molecule has 32 heavy (non-hydrogen) atoms. The molecule has 4 atom stereocenters. The highest BCUT2D eigenvalue weighted by atomic mass is 16.5. The lowest BCUT2D eigenvalue weighted by atomic mass is 9.69. The van der Waals surface area contributed by atoms with Crippen LogP contribution in [0.2, 0.25) is 0 Å². The zero-order chi connectivity index (χ0) is 22.3. The summed E-state index contributed by atoms with van der Waals surface area (Å²) in [6, 6.07) is 3.94. The maximum atomic E-state index is 6.07. The van der Waals surface area contributed by atoms with E-state index in [0.29, 0.717) is 17.9 Å². The second-order valence-electron chi connectivity index (χ2n) is 10.0. The van der Waals surface area contributed by atoms with E-state index in [-0.39, 0.29) is 0 Å². The third-order valence-corrected chi connectivity index (χ3v) is 7.73. The Bertz CT molecular complexity index is 818. The average Bonchev–Trinajstić information content (AvgIpc) is 3.27. The number of hydrogen-bond donors (Lipinski definition) is 2. The van der Waals surface area contributed by atoms with E-state index in [9.17, 15) is 0 Å². The zero-order valence-electron chi connectivity index (χ0n) is 20.1. The highest BCUT2D eigenvalue weighted by Crippen LogP contribution is 2.43. The molecule has 0 radical (unpaired) electrons. The summed E-state index contributed by atoms with van der Waals surface area (Å²) in [7, 11) is 0. The minimum Gasteiger partial charge on any atom is -0.379 e. The average molecular weight is 440 g/mol. The van der Waals surface area contributed by atoms with E-state index in [2.05, 4.69) is 36.3 Å². The van der Waals surface area contributed by atoms with Gasteiger partial charge in [-0.25, -0.2) is 9.97 Å². The molecular weight excluding hydrogens is 398 g/mol. The second-order valence-corrected chi connectivity index (χ2v) is 10.0. The van der Waals surface area contributed by atoms with E-state index < -0.39 is 0 Å². The molecule has 6 heteroatoms. The predicted molar refractivity (Wildman–Crippen MR) is 129 cm³/mol. The number of ether oxygens (including phenoxy) is 1. The first-order chi connectivity index (χ1) is 15.6. The summed E-state index contributed by atoms with van der Waals surface area (Å²) in [6.45, 7) is 7.31. The van der Waals surface area contributed by atoms with E-state index in [0.717, 1.165) is 41.6 Å². The van der Waals surface area contributed by atoms with Crippen molar-refractivity contribution in [3.05, 3.63) is 29.8 Å². The summed E-state index contributed by atoms with van der Waals surface area (Å²) in [6.07, 6.45) is 15.3. The second kappa shape index (κ2) is 11.3. The molecule has 2 saturated carbocycles. The Morgan fingerprint density at radius 2 is 1.91 bits per heavy atom. The van der Waals surface area contributed by atoms with Gasteiger partial charge in [0.1, 0.15) is 17.5 Å². The Balaban J connectivity index is 1.54. The first kappa shape index (κ1) is 23.2. The predicted octanol–water partition coefficient (Wildman–Crippen LogP) is 6.54. The van der Waals surface area contributed by atoms with Crippen molar-refractivity contribution in [1.29, 1.82) is 0 Å². The number of aromatic amines is 1. The highest BCUT2D eigenvalue weighted by Gasteiger charge is 2.33. The Morgan fingerprint density at radius 3 is 2.66 bits per heavy atom. The van der Waals surface area contributed by atoms with Crippen LogP contribution >= 0.6 is 0 Å². The highest BCUT2D eigenvalue weighted by molar-refractivity contribution is 5.51. The van der Waals surface area contributed by atoms with Gasteiger partial charge < -0.3 is 10.1 Å². The van der Waals surface area contributed by atoms with Crippen LogP contribution in [0.3, 0.4) is 0 Å². The summed E-state index contributed by atoms with van der Waals surface area (Å²) in [4.78, 5) is 9.89. The van der Waals surface area contributed by atoms with Crippen LogP contribution in [0.25, 0.3) is 0 Å². The number of rotatable bonds is 7. The fourth-order valence-electron chi connectivity index (χ4n) is 6.06. The fourth-order valence-corrected chi connectivity index (χ4v) is 6.06. The third kappa shape index (κ3) is 6.09. The molecule has 2 aromatic heterocycles. The monoisotopic (exact) mass is 439 g/mol. The number of hydrogen-bond acceptors (Lipinski definition) is 5. The first-order valence-electron chi connectivity index (χ1n) is 12.9. The lowest BCUT2D eigenvalue weighted by Crippen LogP contribution is -2.30. The number of anilines is 2. The van der Waals surface area contributed by atoms with Crippen LogP contribution in [0.5, 0.6) is 0 Å². The molecule has 176 valence electrons. The lowest BCUT2D eigenvalue weighted by Gasteiger charge is -2.38. The van der Waals surface area contributed by atoms with Crippen LogP contribution in [-0.2, 0) is 4.74 Å². The van der Waals surface area contributed by atoms with Gasteiger partial charge in [0.25, 0.3) is 0 Å². The quantitative estimate of drug-likeness (QED) is 0.512.